The zero-order chi connectivity index (χ0) is 30.5. The molecule has 226 valence electrons. The molecule has 43 heavy (non-hydrogen) atoms. The largest absolute Gasteiger partial charge is 0 e. The molecule has 0 fully saturated rings. The Balaban J connectivity index is 0.000000293. The topological polar surface area (TPSA) is 0 Å². The van der Waals surface area contributed by atoms with Gasteiger partial charge in [-0.05, 0) is 0 Å². The van der Waals surface area contributed by atoms with E-state index >= 15 is 0 Å². The maximum absolute atomic E-state index is 2.33. The first-order valence-corrected chi connectivity index (χ1v) is 20.7. The van der Waals surface area contributed by atoms with Crippen LogP contribution in [0.25, 0.3) is 0 Å². The summed E-state index contributed by atoms with van der Waals surface area (Å²) >= 11 is -0.489. The van der Waals surface area contributed by atoms with Gasteiger partial charge in [-0.15, -0.1) is 0 Å². The molecular weight excluding hydrogens is 705 g/mol. The van der Waals surface area contributed by atoms with Gasteiger partial charge >= 0.3 is 273 Å². The van der Waals surface area contributed by atoms with Gasteiger partial charge in [-0.25, -0.2) is 0 Å². The van der Waals surface area contributed by atoms with Gasteiger partial charge in [0.2, 0.25) is 0 Å². The zero-order valence-electron chi connectivity index (χ0n) is 28.0. The number of hydrogen-bond donors (Lipinski definition) is 0. The van der Waals surface area contributed by atoms with Crippen molar-refractivity contribution in [1.82, 2.24) is 0 Å². The molecule has 6 radical (unpaired) electrons. The van der Waals surface area contributed by atoms with E-state index in [1.165, 1.54) is 0 Å². The molecule has 0 aliphatic carbocycles. The van der Waals surface area contributed by atoms with E-state index in [0.29, 0.717) is 0 Å². The SMILES string of the molecule is CCc1cccc(CC)[c]1[Ge][c]1c(CC)cccc1CC.CCc1cccc(CC)[c]1[Ge][c]1c(CC)cccc1CC.[Se]. The third-order valence-electron chi connectivity index (χ3n) is 8.50. The monoisotopic (exact) mass is 760 g/mol. The van der Waals surface area contributed by atoms with Crippen LogP contribution in [-0.2, 0) is 51.4 Å². The number of hydrogen-bond acceptors (Lipinski definition) is 0. The first-order chi connectivity index (χ1) is 20.5. The minimum absolute atomic E-state index is 0. The smallest absolute Gasteiger partial charge is 0 e. The van der Waals surface area contributed by atoms with Crippen LogP contribution in [0.3, 0.4) is 0 Å². The van der Waals surface area contributed by atoms with Gasteiger partial charge in [0.1, 0.15) is 0 Å². The Morgan fingerprint density at radius 2 is 0.442 bits per heavy atom. The van der Waals surface area contributed by atoms with Crippen molar-refractivity contribution >= 4 is 65.5 Å². The van der Waals surface area contributed by atoms with Crippen LogP contribution in [0.1, 0.15) is 99.9 Å². The molecule has 4 rings (SSSR count). The fraction of sp³-hybridized carbons (Fsp3) is 0.400. The number of aryl methyl sites for hydroxylation is 8. The predicted molar refractivity (Wildman–Crippen MR) is 197 cm³/mol. The molecule has 4 aromatic rings. The first-order valence-electron chi connectivity index (χ1n) is 16.5. The molecule has 0 atom stereocenters. The van der Waals surface area contributed by atoms with Crippen molar-refractivity contribution < 1.29 is 0 Å². The average molecular weight is 757 g/mol. The van der Waals surface area contributed by atoms with E-state index in [1.807, 2.05) is 0 Å². The minimum atomic E-state index is -0.245. The summed E-state index contributed by atoms with van der Waals surface area (Å²) in [5, 5.41) is 0. The summed E-state index contributed by atoms with van der Waals surface area (Å²) in [5.74, 6) is 0. The van der Waals surface area contributed by atoms with Crippen LogP contribution in [0.2, 0.25) is 0 Å². The summed E-state index contributed by atoms with van der Waals surface area (Å²) in [4.78, 5) is 0. The van der Waals surface area contributed by atoms with Crippen molar-refractivity contribution in [2.45, 2.75) is 107 Å². The molecule has 0 aliphatic rings. The van der Waals surface area contributed by atoms with Crippen LogP contribution in [0.5, 0.6) is 0 Å². The fourth-order valence-corrected chi connectivity index (χ4v) is 14.0. The maximum atomic E-state index is 2.33. The third kappa shape index (κ3) is 9.73. The second-order valence-electron chi connectivity index (χ2n) is 10.9. The molecule has 0 unspecified atom stereocenters. The Morgan fingerprint density at radius 3 is 0.558 bits per heavy atom. The zero-order valence-corrected chi connectivity index (χ0v) is 33.9. The molecule has 0 aromatic heterocycles. The van der Waals surface area contributed by atoms with Crippen LogP contribution in [0.15, 0.2) is 72.8 Å². The van der Waals surface area contributed by atoms with Crippen LogP contribution in [0.4, 0.5) is 0 Å². The standard InChI is InChI=1S/2C20H26Ge.Se/c2*1-5-15-11-9-12-16(6-2)19(15)21-20-17(7-3)13-10-14-18(20)8-4;/h2*9-14H,5-8H2,1-4H3;. The van der Waals surface area contributed by atoms with Gasteiger partial charge in [-0.1, -0.05) is 0 Å². The van der Waals surface area contributed by atoms with Crippen LogP contribution < -0.4 is 17.6 Å². The van der Waals surface area contributed by atoms with Gasteiger partial charge in [0.15, 0.2) is 0 Å². The summed E-state index contributed by atoms with van der Waals surface area (Å²) in [6, 6.07) is 27.6. The van der Waals surface area contributed by atoms with E-state index in [4.69, 9.17) is 0 Å². The van der Waals surface area contributed by atoms with E-state index in [1.54, 1.807) is 62.1 Å². The van der Waals surface area contributed by atoms with Gasteiger partial charge in [0.05, 0.1) is 0 Å². The summed E-state index contributed by atoms with van der Waals surface area (Å²) in [6.45, 7) is 18.3. The first kappa shape index (κ1) is 37.7. The van der Waals surface area contributed by atoms with Gasteiger partial charge in [0, 0.05) is 17.1 Å². The Morgan fingerprint density at radius 1 is 0.302 bits per heavy atom. The number of benzene rings is 4. The molecule has 4 aromatic carbocycles. The predicted octanol–water partition coefficient (Wildman–Crippen LogP) is 6.80. The van der Waals surface area contributed by atoms with Crippen molar-refractivity contribution in [2.75, 3.05) is 0 Å². The van der Waals surface area contributed by atoms with E-state index in [2.05, 4.69) is 128 Å². The molecule has 0 N–H and O–H groups in total. The van der Waals surface area contributed by atoms with E-state index < -0.39 is 0 Å². The molecule has 0 saturated carbocycles. The van der Waals surface area contributed by atoms with Crippen LogP contribution in [-0.4, -0.2) is 47.9 Å². The average Bonchev–Trinajstić information content (AvgIpc) is 3.05. The minimum Gasteiger partial charge on any atom is 0 e. The van der Waals surface area contributed by atoms with Crippen LogP contribution in [0, 0.1) is 0 Å². The Bertz CT molecular complexity index is 1120. The molecule has 0 saturated heterocycles. The van der Waals surface area contributed by atoms with Gasteiger partial charge in [0.25, 0.3) is 0 Å². The van der Waals surface area contributed by atoms with Gasteiger partial charge in [-0.3, -0.25) is 0 Å². The van der Waals surface area contributed by atoms with Gasteiger partial charge in [-0.2, -0.15) is 0 Å². The van der Waals surface area contributed by atoms with Crippen molar-refractivity contribution in [1.29, 1.82) is 0 Å². The molecule has 0 amide bonds. The molecule has 0 aliphatic heterocycles. The molecule has 0 bridgehead atoms. The molecule has 0 heterocycles. The van der Waals surface area contributed by atoms with Crippen molar-refractivity contribution in [2.24, 2.45) is 0 Å². The second-order valence-corrected chi connectivity index (χ2v) is 16.1. The van der Waals surface area contributed by atoms with Crippen LogP contribution >= 0.6 is 0 Å². The Kier molecular flexibility index (Phi) is 17.3. The Hall–Kier alpha value is -1.51. The summed E-state index contributed by atoms with van der Waals surface area (Å²) in [6.07, 6.45) is 9.24. The summed E-state index contributed by atoms with van der Waals surface area (Å²) in [5.41, 5.74) is 12.6. The quantitative estimate of drug-likeness (QED) is 0.140. The fourth-order valence-electron chi connectivity index (χ4n) is 5.86. The van der Waals surface area contributed by atoms with E-state index in [0.717, 1.165) is 51.4 Å². The van der Waals surface area contributed by atoms with Crippen molar-refractivity contribution in [3.8, 4) is 0 Å². The van der Waals surface area contributed by atoms with Gasteiger partial charge < -0.3 is 0 Å². The molecular formula is C40H52Ge2Se. The summed E-state index contributed by atoms with van der Waals surface area (Å²) < 4.78 is 6.77. The normalized spacial score (nSPS) is 10.6. The van der Waals surface area contributed by atoms with E-state index in [9.17, 15) is 0 Å². The molecule has 0 nitrogen and oxygen atoms in total. The third-order valence-corrected chi connectivity index (χ3v) is 16.0. The molecule has 3 heteroatoms. The second kappa shape index (κ2) is 19.8. The number of rotatable bonds is 12. The Labute approximate surface area is 287 Å². The molecule has 0 spiro atoms. The van der Waals surface area contributed by atoms with E-state index in [-0.39, 0.29) is 47.9 Å². The van der Waals surface area contributed by atoms with Crippen molar-refractivity contribution in [3.05, 3.63) is 117 Å². The maximum Gasteiger partial charge on any atom is 0 e. The summed E-state index contributed by atoms with van der Waals surface area (Å²) in [7, 11) is 0. The van der Waals surface area contributed by atoms with Crippen molar-refractivity contribution in [3.63, 3.8) is 0 Å².